The van der Waals surface area contributed by atoms with Gasteiger partial charge < -0.3 is 9.63 Å². The lowest BCUT2D eigenvalue weighted by molar-refractivity contribution is -0.117. The number of carbonyl (C=O) groups is 1. The second-order valence-electron chi connectivity index (χ2n) is 4.74. The number of aromatic nitrogens is 4. The highest BCUT2D eigenvalue weighted by Crippen LogP contribution is 2.15. The second kappa shape index (κ2) is 4.81. The summed E-state index contributed by atoms with van der Waals surface area (Å²) in [7, 11) is 0. The van der Waals surface area contributed by atoms with Gasteiger partial charge in [0, 0.05) is 6.07 Å². The summed E-state index contributed by atoms with van der Waals surface area (Å²) in [5.41, 5.74) is -0.00674. The van der Waals surface area contributed by atoms with Crippen LogP contribution in [0.4, 0.5) is 5.88 Å². The first-order valence-corrected chi connectivity index (χ1v) is 5.71. The molecule has 0 aliphatic rings. The van der Waals surface area contributed by atoms with Gasteiger partial charge >= 0.3 is 0 Å². The number of nitrogens with one attached hydrogen (secondary N) is 1. The van der Waals surface area contributed by atoms with Gasteiger partial charge in [0.2, 0.25) is 11.8 Å². The molecule has 0 bridgehead atoms. The number of nitrogens with zero attached hydrogens (tertiary/aromatic N) is 4. The molecular formula is C11H15N5O3. The van der Waals surface area contributed by atoms with Gasteiger partial charge in [-0.25, -0.2) is 4.68 Å². The normalized spacial score (nSPS) is 11.6. The number of aliphatic hydroxyl groups is 1. The van der Waals surface area contributed by atoms with Crippen LogP contribution in [0.5, 0.6) is 0 Å². The predicted molar refractivity (Wildman–Crippen MR) is 65.1 cm³/mol. The molecule has 0 aliphatic heterocycles. The van der Waals surface area contributed by atoms with Gasteiger partial charge in [-0.2, -0.15) is 0 Å². The van der Waals surface area contributed by atoms with Crippen LogP contribution in [-0.2, 0) is 16.9 Å². The molecule has 0 fully saturated rings. The fraction of sp³-hybridized carbons (Fsp3) is 0.455. The second-order valence-corrected chi connectivity index (χ2v) is 4.74. The third-order valence-electron chi connectivity index (χ3n) is 2.36. The molecule has 2 N–H and O–H groups in total. The molecule has 8 nitrogen and oxygen atoms in total. The summed E-state index contributed by atoms with van der Waals surface area (Å²) in [6.07, 6.45) is 1.52. The number of aryl methyl sites for hydroxylation is 1. The monoisotopic (exact) mass is 265 g/mol. The zero-order valence-corrected chi connectivity index (χ0v) is 10.9. The summed E-state index contributed by atoms with van der Waals surface area (Å²) in [5.74, 6) is -0.0336. The Morgan fingerprint density at radius 1 is 1.58 bits per heavy atom. The van der Waals surface area contributed by atoms with Gasteiger partial charge in [0.1, 0.15) is 17.8 Å². The minimum atomic E-state index is -1.09. The molecule has 19 heavy (non-hydrogen) atoms. The largest absolute Gasteiger partial charge is 0.384 e. The first-order valence-electron chi connectivity index (χ1n) is 5.71. The summed E-state index contributed by atoms with van der Waals surface area (Å²) in [6.45, 7) is 4.92. The molecule has 1 amide bonds. The molecule has 0 saturated carbocycles. The van der Waals surface area contributed by atoms with Crippen LogP contribution >= 0.6 is 0 Å². The lowest BCUT2D eigenvalue weighted by atomic mass is 10.1. The third-order valence-corrected chi connectivity index (χ3v) is 2.36. The van der Waals surface area contributed by atoms with Crippen LogP contribution in [0.1, 0.15) is 25.2 Å². The van der Waals surface area contributed by atoms with Crippen LogP contribution in [0.2, 0.25) is 0 Å². The van der Waals surface area contributed by atoms with Gasteiger partial charge in [-0.1, -0.05) is 10.4 Å². The molecule has 2 aromatic rings. The molecule has 2 rings (SSSR count). The molecule has 0 atom stereocenters. The van der Waals surface area contributed by atoms with E-state index < -0.39 is 5.60 Å². The van der Waals surface area contributed by atoms with E-state index >= 15 is 0 Å². The molecule has 0 aliphatic carbocycles. The topological polar surface area (TPSA) is 106 Å². The summed E-state index contributed by atoms with van der Waals surface area (Å²) in [4.78, 5) is 11.7. The van der Waals surface area contributed by atoms with E-state index in [9.17, 15) is 9.90 Å². The fourth-order valence-corrected chi connectivity index (χ4v) is 1.40. The van der Waals surface area contributed by atoms with Gasteiger partial charge in [-0.15, -0.1) is 5.10 Å². The maximum atomic E-state index is 11.7. The van der Waals surface area contributed by atoms with E-state index in [0.29, 0.717) is 11.4 Å². The Morgan fingerprint density at radius 2 is 2.32 bits per heavy atom. The molecule has 0 radical (unpaired) electrons. The van der Waals surface area contributed by atoms with Crippen molar-refractivity contribution in [2.45, 2.75) is 32.9 Å². The van der Waals surface area contributed by atoms with Crippen molar-refractivity contribution in [3.05, 3.63) is 23.7 Å². The van der Waals surface area contributed by atoms with Crippen LogP contribution in [0.15, 0.2) is 16.8 Å². The van der Waals surface area contributed by atoms with Gasteiger partial charge in [0.05, 0.1) is 11.9 Å². The lowest BCUT2D eigenvalue weighted by Crippen LogP contribution is -2.19. The first kappa shape index (κ1) is 13.2. The summed E-state index contributed by atoms with van der Waals surface area (Å²) < 4.78 is 6.20. The number of carbonyl (C=O) groups excluding carboxylic acids is 1. The van der Waals surface area contributed by atoms with Gasteiger partial charge in [0.25, 0.3) is 0 Å². The molecule has 0 unspecified atom stereocenters. The Hall–Kier alpha value is -2.22. The van der Waals surface area contributed by atoms with Crippen molar-refractivity contribution < 1.29 is 14.4 Å². The minimum Gasteiger partial charge on any atom is -0.384 e. The predicted octanol–water partition coefficient (Wildman–Crippen LogP) is 0.441. The maximum Gasteiger partial charge on any atom is 0.248 e. The van der Waals surface area contributed by atoms with Crippen molar-refractivity contribution in [1.29, 1.82) is 0 Å². The van der Waals surface area contributed by atoms with Crippen LogP contribution in [0.25, 0.3) is 0 Å². The highest BCUT2D eigenvalue weighted by atomic mass is 16.5. The summed E-state index contributed by atoms with van der Waals surface area (Å²) in [6, 6.07) is 1.61. The molecule has 0 spiro atoms. The van der Waals surface area contributed by atoms with Gasteiger partial charge in [-0.3, -0.25) is 10.1 Å². The molecule has 2 heterocycles. The molecule has 102 valence electrons. The van der Waals surface area contributed by atoms with Crippen molar-refractivity contribution in [3.8, 4) is 0 Å². The van der Waals surface area contributed by atoms with Crippen molar-refractivity contribution >= 4 is 11.8 Å². The zero-order chi connectivity index (χ0) is 14.0. The highest BCUT2D eigenvalue weighted by Gasteiger charge is 2.20. The Kier molecular flexibility index (Phi) is 3.34. The molecule has 0 saturated heterocycles. The van der Waals surface area contributed by atoms with Crippen molar-refractivity contribution in [1.82, 2.24) is 20.2 Å². The first-order chi connectivity index (χ1) is 8.84. The Bertz CT molecular complexity index is 581. The SMILES string of the molecule is Cc1cc(NC(=O)Cn2cc(C(C)(C)O)nn2)on1. The number of anilines is 1. The highest BCUT2D eigenvalue weighted by molar-refractivity contribution is 5.89. The van der Waals surface area contributed by atoms with Crippen molar-refractivity contribution in [3.63, 3.8) is 0 Å². The Balaban J connectivity index is 1.97. The average Bonchev–Trinajstić information content (AvgIpc) is 2.87. The van der Waals surface area contributed by atoms with E-state index in [0.717, 1.165) is 0 Å². The van der Waals surface area contributed by atoms with Crippen LogP contribution in [-0.4, -0.2) is 31.2 Å². The molecule has 0 aromatic carbocycles. The number of hydrogen-bond donors (Lipinski definition) is 2. The standard InChI is InChI=1S/C11H15N5O3/c1-7-4-10(19-14-7)12-9(17)6-16-5-8(13-15-16)11(2,3)18/h4-5,18H,6H2,1-3H3,(H,12,17). The zero-order valence-electron chi connectivity index (χ0n) is 10.9. The van der Waals surface area contributed by atoms with Crippen LogP contribution in [0, 0.1) is 6.92 Å². The number of amides is 1. The minimum absolute atomic E-state index is 0.0250. The van der Waals surface area contributed by atoms with Crippen molar-refractivity contribution in [2.75, 3.05) is 5.32 Å². The lowest BCUT2D eigenvalue weighted by Gasteiger charge is -2.11. The van der Waals surface area contributed by atoms with E-state index in [4.69, 9.17) is 4.52 Å². The summed E-state index contributed by atoms with van der Waals surface area (Å²) in [5, 5.41) is 23.5. The van der Waals surface area contributed by atoms with E-state index in [-0.39, 0.29) is 18.3 Å². The Morgan fingerprint density at radius 3 is 2.84 bits per heavy atom. The molecule has 8 heteroatoms. The molecular weight excluding hydrogens is 250 g/mol. The maximum absolute atomic E-state index is 11.7. The van der Waals surface area contributed by atoms with E-state index in [2.05, 4.69) is 20.8 Å². The quantitative estimate of drug-likeness (QED) is 0.830. The third kappa shape index (κ3) is 3.38. The van der Waals surface area contributed by atoms with E-state index in [1.54, 1.807) is 26.8 Å². The van der Waals surface area contributed by atoms with Gasteiger partial charge in [0.15, 0.2) is 0 Å². The smallest absolute Gasteiger partial charge is 0.248 e. The van der Waals surface area contributed by atoms with E-state index in [1.165, 1.54) is 10.9 Å². The number of rotatable bonds is 4. The van der Waals surface area contributed by atoms with E-state index in [1.807, 2.05) is 0 Å². The van der Waals surface area contributed by atoms with Crippen molar-refractivity contribution in [2.24, 2.45) is 0 Å². The van der Waals surface area contributed by atoms with Crippen LogP contribution < -0.4 is 5.32 Å². The fourth-order valence-electron chi connectivity index (χ4n) is 1.40. The molecule has 2 aromatic heterocycles. The number of hydrogen-bond acceptors (Lipinski definition) is 6. The van der Waals surface area contributed by atoms with Crippen LogP contribution in [0.3, 0.4) is 0 Å². The summed E-state index contributed by atoms with van der Waals surface area (Å²) >= 11 is 0. The van der Waals surface area contributed by atoms with Gasteiger partial charge in [-0.05, 0) is 20.8 Å². The average molecular weight is 265 g/mol. The Labute approximate surface area is 109 Å².